The molecule has 0 spiro atoms. The lowest BCUT2D eigenvalue weighted by atomic mass is 9.96. The second-order valence-electron chi connectivity index (χ2n) is 10.8. The zero-order valence-corrected chi connectivity index (χ0v) is 31.4. The van der Waals surface area contributed by atoms with E-state index in [-0.39, 0.29) is 11.1 Å². The number of sulfone groups is 1. The molecule has 2 heterocycles. The van der Waals surface area contributed by atoms with E-state index in [1.165, 1.54) is 24.3 Å². The summed E-state index contributed by atoms with van der Waals surface area (Å²) in [6.45, 7) is 0. The molecule has 0 bridgehead atoms. The molecule has 4 nitrogen and oxygen atoms in total. The van der Waals surface area contributed by atoms with Crippen LogP contribution >= 0.6 is 63.7 Å². The van der Waals surface area contributed by atoms with Crippen LogP contribution in [0, 0.1) is 11.6 Å². The number of hydrogen-bond acceptors (Lipinski definition) is 4. The van der Waals surface area contributed by atoms with Crippen LogP contribution in [-0.2, 0) is 21.3 Å². The molecule has 11 heteroatoms. The summed E-state index contributed by atoms with van der Waals surface area (Å²) < 4.78 is 60.8. The average molecular weight is 904 g/mol. The molecule has 47 heavy (non-hydrogen) atoms. The lowest BCUT2D eigenvalue weighted by Crippen LogP contribution is -2.10. The first-order valence-electron chi connectivity index (χ1n) is 14.0. The van der Waals surface area contributed by atoms with E-state index in [4.69, 9.17) is 0 Å². The number of halogens is 6. The van der Waals surface area contributed by atoms with Crippen LogP contribution in [0.15, 0.2) is 128 Å². The van der Waals surface area contributed by atoms with E-state index < -0.39 is 33.0 Å². The molecule has 0 fully saturated rings. The third-order valence-corrected chi connectivity index (χ3v) is 10.8. The summed E-state index contributed by atoms with van der Waals surface area (Å²) in [5.41, 5.74) is 5.95. The summed E-state index contributed by atoms with van der Waals surface area (Å²) in [5, 5.41) is 0. The maximum absolute atomic E-state index is 15.4. The lowest BCUT2D eigenvalue weighted by Gasteiger charge is -2.13. The molecular weight excluding hydrogens is 882 g/mol. The van der Waals surface area contributed by atoms with Crippen LogP contribution in [0.1, 0.15) is 11.1 Å². The number of hydrogen-bond donors (Lipinski definition) is 0. The van der Waals surface area contributed by atoms with E-state index in [9.17, 15) is 8.42 Å². The van der Waals surface area contributed by atoms with E-state index in [1.807, 2.05) is 48.5 Å². The molecule has 6 rings (SSSR count). The van der Waals surface area contributed by atoms with Crippen molar-refractivity contribution in [2.75, 3.05) is 0 Å². The van der Waals surface area contributed by atoms with Crippen LogP contribution in [-0.4, -0.2) is 18.4 Å². The Morgan fingerprint density at radius 3 is 1.23 bits per heavy atom. The zero-order chi connectivity index (χ0) is 33.3. The molecule has 4 aromatic carbocycles. The first-order chi connectivity index (χ1) is 22.5. The van der Waals surface area contributed by atoms with E-state index in [0.29, 0.717) is 22.3 Å². The van der Waals surface area contributed by atoms with Crippen molar-refractivity contribution in [3.8, 4) is 44.5 Å². The van der Waals surface area contributed by atoms with Crippen molar-refractivity contribution in [2.24, 2.45) is 0 Å². The minimum atomic E-state index is -3.93. The fourth-order valence-corrected chi connectivity index (χ4v) is 9.47. The molecular formula is C36H22Br4F2N2O2S. The molecule has 0 aliphatic carbocycles. The van der Waals surface area contributed by atoms with Crippen molar-refractivity contribution >= 4 is 73.6 Å². The van der Waals surface area contributed by atoms with Gasteiger partial charge in [-0.1, -0.05) is 88.0 Å². The van der Waals surface area contributed by atoms with Crippen molar-refractivity contribution in [3.05, 3.63) is 150 Å². The Hall–Kier alpha value is -3.09. The van der Waals surface area contributed by atoms with Crippen LogP contribution in [0.2, 0.25) is 0 Å². The van der Waals surface area contributed by atoms with Gasteiger partial charge in [-0.25, -0.2) is 17.2 Å². The summed E-state index contributed by atoms with van der Waals surface area (Å²) in [4.78, 5) is 8.45. The SMILES string of the molecule is O=S(=O)(Cc1ccc(-c2cnccc2-c2cc(Br)cc(Br)c2)cc1F)Cc1ccc(-c2cnccc2-c2cc(Br)cc(Br)c2)cc1F. The molecule has 0 radical (unpaired) electrons. The van der Waals surface area contributed by atoms with Crippen LogP contribution in [0.5, 0.6) is 0 Å². The quantitative estimate of drug-likeness (QED) is 0.153. The van der Waals surface area contributed by atoms with Crippen molar-refractivity contribution in [2.45, 2.75) is 11.5 Å². The van der Waals surface area contributed by atoms with Crippen LogP contribution in [0.3, 0.4) is 0 Å². The van der Waals surface area contributed by atoms with Gasteiger partial charge in [0.05, 0.1) is 11.5 Å². The Balaban J connectivity index is 1.23. The smallest absolute Gasteiger partial charge is 0.158 e. The Morgan fingerprint density at radius 1 is 0.489 bits per heavy atom. The van der Waals surface area contributed by atoms with E-state index >= 15 is 8.78 Å². The van der Waals surface area contributed by atoms with E-state index in [2.05, 4.69) is 73.7 Å². The van der Waals surface area contributed by atoms with Gasteiger partial charge in [0.1, 0.15) is 11.6 Å². The highest BCUT2D eigenvalue weighted by Crippen LogP contribution is 2.37. The van der Waals surface area contributed by atoms with Gasteiger partial charge in [-0.3, -0.25) is 9.97 Å². The highest BCUT2D eigenvalue weighted by atomic mass is 79.9. The summed E-state index contributed by atoms with van der Waals surface area (Å²) in [6, 6.07) is 24.2. The van der Waals surface area contributed by atoms with Crippen molar-refractivity contribution < 1.29 is 17.2 Å². The highest BCUT2D eigenvalue weighted by Gasteiger charge is 2.20. The number of rotatable bonds is 8. The first-order valence-corrected chi connectivity index (χ1v) is 19.0. The summed E-state index contributed by atoms with van der Waals surface area (Å²) >= 11 is 14.0. The molecule has 0 saturated carbocycles. The maximum atomic E-state index is 15.4. The lowest BCUT2D eigenvalue weighted by molar-refractivity contribution is 0.581. The molecule has 0 N–H and O–H groups in total. The van der Waals surface area contributed by atoms with Gasteiger partial charge in [0, 0.05) is 64.9 Å². The van der Waals surface area contributed by atoms with Gasteiger partial charge in [-0.15, -0.1) is 0 Å². The molecule has 0 amide bonds. The topological polar surface area (TPSA) is 59.9 Å². The average Bonchev–Trinajstić information content (AvgIpc) is 3.02. The fourth-order valence-electron chi connectivity index (χ4n) is 5.36. The monoisotopic (exact) mass is 900 g/mol. The molecule has 0 atom stereocenters. The molecule has 0 aliphatic heterocycles. The van der Waals surface area contributed by atoms with Crippen LogP contribution < -0.4 is 0 Å². The van der Waals surface area contributed by atoms with Gasteiger partial charge in [0.25, 0.3) is 0 Å². The molecule has 0 saturated heterocycles. The normalized spacial score (nSPS) is 11.5. The Bertz CT molecular complexity index is 2070. The van der Waals surface area contributed by atoms with E-state index in [0.717, 1.165) is 40.1 Å². The second kappa shape index (κ2) is 14.2. The van der Waals surface area contributed by atoms with Gasteiger partial charge in [-0.2, -0.15) is 0 Å². The van der Waals surface area contributed by atoms with Gasteiger partial charge in [-0.05, 0) is 94.0 Å². The maximum Gasteiger partial charge on any atom is 0.158 e. The predicted octanol–water partition coefficient (Wildman–Crippen LogP) is 11.6. The van der Waals surface area contributed by atoms with Gasteiger partial charge < -0.3 is 0 Å². The van der Waals surface area contributed by atoms with Gasteiger partial charge >= 0.3 is 0 Å². The zero-order valence-electron chi connectivity index (χ0n) is 24.2. The molecule has 2 aromatic heterocycles. The predicted molar refractivity (Wildman–Crippen MR) is 197 cm³/mol. The number of nitrogens with zero attached hydrogens (tertiary/aromatic N) is 2. The number of aromatic nitrogens is 2. The van der Waals surface area contributed by atoms with E-state index in [1.54, 1.807) is 36.9 Å². The summed E-state index contributed by atoms with van der Waals surface area (Å²) in [7, 11) is -3.93. The standard InChI is InChI=1S/C36H22Br4F2N2O2S/c37-27-9-25(10-28(38)15-27)31-5-7-43-17-33(31)21-1-3-23(35(41)13-21)19-47(45,46)20-24-4-2-22(14-36(24)42)34-18-44-8-6-32(34)26-11-29(39)16-30(40)12-26/h1-18H,19-20H2. The van der Waals surface area contributed by atoms with Crippen LogP contribution in [0.4, 0.5) is 8.78 Å². The number of benzene rings is 4. The van der Waals surface area contributed by atoms with Gasteiger partial charge in [0.2, 0.25) is 0 Å². The van der Waals surface area contributed by atoms with Crippen molar-refractivity contribution in [3.63, 3.8) is 0 Å². The minimum Gasteiger partial charge on any atom is -0.264 e. The molecule has 0 aliphatic rings. The Kier molecular flexibility index (Phi) is 10.2. The van der Waals surface area contributed by atoms with Crippen molar-refractivity contribution in [1.29, 1.82) is 0 Å². The highest BCUT2D eigenvalue weighted by molar-refractivity contribution is 9.11. The summed E-state index contributed by atoms with van der Waals surface area (Å²) in [6.07, 6.45) is 6.61. The fraction of sp³-hybridized carbons (Fsp3) is 0.0556. The largest absolute Gasteiger partial charge is 0.264 e. The first kappa shape index (κ1) is 33.8. The van der Waals surface area contributed by atoms with Crippen LogP contribution in [0.25, 0.3) is 44.5 Å². The number of pyridine rings is 2. The second-order valence-corrected chi connectivity index (χ2v) is 16.5. The summed E-state index contributed by atoms with van der Waals surface area (Å²) in [5.74, 6) is -2.50. The third kappa shape index (κ3) is 7.97. The van der Waals surface area contributed by atoms with Gasteiger partial charge in [0.15, 0.2) is 9.84 Å². The Morgan fingerprint density at radius 2 is 0.872 bits per heavy atom. The molecule has 6 aromatic rings. The molecule has 236 valence electrons. The Labute approximate surface area is 304 Å². The third-order valence-electron chi connectivity index (χ3n) is 7.47. The van der Waals surface area contributed by atoms with Crippen molar-refractivity contribution in [1.82, 2.24) is 9.97 Å². The molecule has 0 unspecified atom stereocenters. The minimum absolute atomic E-state index is 0.00148.